The van der Waals surface area contributed by atoms with Gasteiger partial charge < -0.3 is 19.9 Å². The fraction of sp³-hybridized carbons (Fsp3) is 0.150. The number of aromatic carboxylic acids is 1. The summed E-state index contributed by atoms with van der Waals surface area (Å²) in [6, 6.07) is 18.0. The van der Waals surface area contributed by atoms with Crippen LogP contribution in [0.3, 0.4) is 0 Å². The number of para-hydroxylation sites is 2. The zero-order valence-electron chi connectivity index (χ0n) is 15.2. The quantitative estimate of drug-likeness (QED) is 0.622. The summed E-state index contributed by atoms with van der Waals surface area (Å²) in [4.78, 5) is 23.5. The number of carboxylic acids is 1. The van der Waals surface area contributed by atoms with Crippen molar-refractivity contribution in [3.63, 3.8) is 0 Å². The second-order valence-corrected chi connectivity index (χ2v) is 5.85. The average Bonchev–Trinajstić information content (AvgIpc) is 3.11. The summed E-state index contributed by atoms with van der Waals surface area (Å²) in [5, 5.41) is 15.6. The van der Waals surface area contributed by atoms with E-state index in [1.807, 2.05) is 36.4 Å². The maximum Gasteiger partial charge on any atom is 0.356 e. The van der Waals surface area contributed by atoms with Gasteiger partial charge >= 0.3 is 5.97 Å². The van der Waals surface area contributed by atoms with Crippen LogP contribution >= 0.6 is 0 Å². The van der Waals surface area contributed by atoms with Crippen molar-refractivity contribution in [2.45, 2.75) is 13.2 Å². The number of amides is 1. The standard InChI is InChI=1S/C20H19N3O5/c1-27-19-11-16(20(25)26)22-23(19)12-18(24)21-15-9-5-6-10-17(15)28-13-14-7-3-2-4-8-14/h2-11H,12-13H2,1H3,(H,21,24)(H,25,26). The van der Waals surface area contributed by atoms with E-state index in [2.05, 4.69) is 10.4 Å². The lowest BCUT2D eigenvalue weighted by Crippen LogP contribution is -2.20. The van der Waals surface area contributed by atoms with Crippen molar-refractivity contribution in [3.05, 3.63) is 71.9 Å². The van der Waals surface area contributed by atoms with Crippen LogP contribution in [0.15, 0.2) is 60.7 Å². The summed E-state index contributed by atoms with van der Waals surface area (Å²) in [7, 11) is 1.38. The van der Waals surface area contributed by atoms with E-state index in [9.17, 15) is 9.59 Å². The molecule has 1 amide bonds. The van der Waals surface area contributed by atoms with E-state index in [0.29, 0.717) is 18.0 Å². The van der Waals surface area contributed by atoms with Gasteiger partial charge in [-0.1, -0.05) is 42.5 Å². The van der Waals surface area contributed by atoms with Crippen molar-refractivity contribution < 1.29 is 24.2 Å². The van der Waals surface area contributed by atoms with Crippen LogP contribution in [0, 0.1) is 0 Å². The Balaban J connectivity index is 1.68. The first kappa shape index (κ1) is 19.0. The van der Waals surface area contributed by atoms with E-state index in [-0.39, 0.29) is 18.1 Å². The van der Waals surface area contributed by atoms with Gasteiger partial charge in [-0.2, -0.15) is 5.10 Å². The highest BCUT2D eigenvalue weighted by Crippen LogP contribution is 2.25. The van der Waals surface area contributed by atoms with Gasteiger partial charge in [0.2, 0.25) is 11.8 Å². The molecule has 144 valence electrons. The normalized spacial score (nSPS) is 10.3. The SMILES string of the molecule is COc1cc(C(=O)O)nn1CC(=O)Nc1ccccc1OCc1ccccc1. The van der Waals surface area contributed by atoms with E-state index >= 15 is 0 Å². The number of methoxy groups -OCH3 is 1. The summed E-state index contributed by atoms with van der Waals surface area (Å²) in [6.45, 7) is 0.159. The number of carboxylic acid groups (broad SMARTS) is 1. The number of benzene rings is 2. The second-order valence-electron chi connectivity index (χ2n) is 5.85. The molecule has 8 nitrogen and oxygen atoms in total. The molecule has 1 aromatic heterocycles. The summed E-state index contributed by atoms with van der Waals surface area (Å²) < 4.78 is 12.1. The van der Waals surface area contributed by atoms with Crippen molar-refractivity contribution in [1.82, 2.24) is 9.78 Å². The van der Waals surface area contributed by atoms with Crippen molar-refractivity contribution in [2.24, 2.45) is 0 Å². The van der Waals surface area contributed by atoms with Crippen LogP contribution in [0.5, 0.6) is 11.6 Å². The third-order valence-electron chi connectivity index (χ3n) is 3.86. The maximum absolute atomic E-state index is 12.4. The molecule has 0 fully saturated rings. The lowest BCUT2D eigenvalue weighted by atomic mass is 10.2. The Morgan fingerprint density at radius 2 is 1.82 bits per heavy atom. The molecule has 2 aromatic carbocycles. The fourth-order valence-corrected chi connectivity index (χ4v) is 2.54. The number of anilines is 1. The van der Waals surface area contributed by atoms with Gasteiger partial charge in [-0.25, -0.2) is 9.48 Å². The molecule has 0 spiro atoms. The molecule has 0 aliphatic rings. The number of rotatable bonds is 8. The highest BCUT2D eigenvalue weighted by molar-refractivity contribution is 5.92. The molecule has 28 heavy (non-hydrogen) atoms. The number of ether oxygens (including phenoxy) is 2. The minimum atomic E-state index is -1.20. The van der Waals surface area contributed by atoms with Gasteiger partial charge in [0.15, 0.2) is 5.69 Å². The van der Waals surface area contributed by atoms with E-state index < -0.39 is 11.9 Å². The van der Waals surface area contributed by atoms with Crippen molar-refractivity contribution in [3.8, 4) is 11.6 Å². The first-order chi connectivity index (χ1) is 13.6. The van der Waals surface area contributed by atoms with Gasteiger partial charge in [-0.15, -0.1) is 0 Å². The van der Waals surface area contributed by atoms with Gasteiger partial charge in [0.1, 0.15) is 18.9 Å². The second kappa shape index (κ2) is 8.72. The third-order valence-corrected chi connectivity index (χ3v) is 3.86. The summed E-state index contributed by atoms with van der Waals surface area (Å²) in [5.41, 5.74) is 1.32. The topological polar surface area (TPSA) is 103 Å². The predicted octanol–water partition coefficient (Wildman–Crippen LogP) is 2.81. The number of nitrogens with one attached hydrogen (secondary N) is 1. The highest BCUT2D eigenvalue weighted by Gasteiger charge is 2.16. The molecule has 3 aromatic rings. The van der Waals surface area contributed by atoms with Crippen LogP contribution < -0.4 is 14.8 Å². The molecule has 0 unspecified atom stereocenters. The number of nitrogens with zero attached hydrogens (tertiary/aromatic N) is 2. The molecule has 0 aliphatic heterocycles. The molecule has 0 bridgehead atoms. The van der Waals surface area contributed by atoms with Gasteiger partial charge in [0.25, 0.3) is 0 Å². The Morgan fingerprint density at radius 1 is 1.11 bits per heavy atom. The van der Waals surface area contributed by atoms with E-state index in [1.54, 1.807) is 18.2 Å². The minimum absolute atomic E-state index is 0.182. The first-order valence-corrected chi connectivity index (χ1v) is 8.47. The molecular formula is C20H19N3O5. The van der Waals surface area contributed by atoms with Crippen molar-refractivity contribution in [2.75, 3.05) is 12.4 Å². The highest BCUT2D eigenvalue weighted by atomic mass is 16.5. The smallest absolute Gasteiger partial charge is 0.356 e. The number of carbonyl (C=O) groups is 2. The van der Waals surface area contributed by atoms with Gasteiger partial charge in [-0.3, -0.25) is 4.79 Å². The number of hydrogen-bond acceptors (Lipinski definition) is 5. The van der Waals surface area contributed by atoms with Crippen molar-refractivity contribution in [1.29, 1.82) is 0 Å². The fourth-order valence-electron chi connectivity index (χ4n) is 2.54. The average molecular weight is 381 g/mol. The zero-order valence-corrected chi connectivity index (χ0v) is 15.2. The molecule has 0 saturated heterocycles. The number of aromatic nitrogens is 2. The van der Waals surface area contributed by atoms with E-state index in [1.165, 1.54) is 17.9 Å². The molecule has 3 rings (SSSR count). The molecule has 0 saturated carbocycles. The van der Waals surface area contributed by atoms with Crippen LogP contribution in [0.25, 0.3) is 0 Å². The van der Waals surface area contributed by atoms with Crippen LogP contribution in [-0.4, -0.2) is 33.9 Å². The molecule has 0 radical (unpaired) electrons. The molecular weight excluding hydrogens is 362 g/mol. The van der Waals surface area contributed by atoms with Crippen LogP contribution in [0.1, 0.15) is 16.1 Å². The van der Waals surface area contributed by atoms with Crippen LogP contribution in [-0.2, 0) is 17.9 Å². The van der Waals surface area contributed by atoms with Crippen LogP contribution in [0.2, 0.25) is 0 Å². The predicted molar refractivity (Wildman–Crippen MR) is 102 cm³/mol. The zero-order chi connectivity index (χ0) is 19.9. The minimum Gasteiger partial charge on any atom is -0.487 e. The number of hydrogen-bond donors (Lipinski definition) is 2. The lowest BCUT2D eigenvalue weighted by molar-refractivity contribution is -0.117. The Morgan fingerprint density at radius 3 is 2.54 bits per heavy atom. The molecule has 0 atom stereocenters. The number of carbonyl (C=O) groups excluding carboxylic acids is 1. The summed E-state index contributed by atoms with van der Waals surface area (Å²) in [5.74, 6) is -0.884. The van der Waals surface area contributed by atoms with Crippen molar-refractivity contribution >= 4 is 17.6 Å². The maximum atomic E-state index is 12.4. The largest absolute Gasteiger partial charge is 0.487 e. The molecule has 8 heteroatoms. The van der Waals surface area contributed by atoms with Gasteiger partial charge in [0.05, 0.1) is 12.8 Å². The Kier molecular flexibility index (Phi) is 5.91. The Bertz CT molecular complexity index is 969. The first-order valence-electron chi connectivity index (χ1n) is 8.47. The molecule has 2 N–H and O–H groups in total. The van der Waals surface area contributed by atoms with Gasteiger partial charge in [-0.05, 0) is 17.7 Å². The Hall–Kier alpha value is -3.81. The van der Waals surface area contributed by atoms with E-state index in [0.717, 1.165) is 5.56 Å². The monoisotopic (exact) mass is 381 g/mol. The molecule has 0 aliphatic carbocycles. The van der Waals surface area contributed by atoms with Crippen LogP contribution in [0.4, 0.5) is 5.69 Å². The lowest BCUT2D eigenvalue weighted by Gasteiger charge is -2.13. The summed E-state index contributed by atoms with van der Waals surface area (Å²) in [6.07, 6.45) is 0. The Labute approximate surface area is 161 Å². The van der Waals surface area contributed by atoms with E-state index in [4.69, 9.17) is 14.6 Å². The third kappa shape index (κ3) is 4.67. The van der Waals surface area contributed by atoms with Gasteiger partial charge in [0, 0.05) is 6.07 Å². The summed E-state index contributed by atoms with van der Waals surface area (Å²) >= 11 is 0. The molecule has 1 heterocycles.